The van der Waals surface area contributed by atoms with Gasteiger partial charge in [-0.15, -0.1) is 11.3 Å². The average molecular weight is 1680 g/mol. The van der Waals surface area contributed by atoms with Gasteiger partial charge in [-0.05, 0) is 111 Å². The van der Waals surface area contributed by atoms with Gasteiger partial charge in [0, 0.05) is 130 Å². The summed E-state index contributed by atoms with van der Waals surface area (Å²) in [5.74, 6) is 4.84. The van der Waals surface area contributed by atoms with Crippen LogP contribution in [0.3, 0.4) is 0 Å². The second kappa shape index (κ2) is 28.8. The second-order valence-electron chi connectivity index (χ2n) is 33.9. The smallest absolute Gasteiger partial charge is 0.160 e. The van der Waals surface area contributed by atoms with Gasteiger partial charge in [-0.2, -0.15) is 0 Å². The van der Waals surface area contributed by atoms with E-state index in [1.54, 1.807) is 0 Å². The monoisotopic (exact) mass is 1670 g/mol. The minimum absolute atomic E-state index is 0.587. The quantitative estimate of drug-likeness (QED) is 0.137. The fourth-order valence-electron chi connectivity index (χ4n) is 21.7. The summed E-state index contributed by atoms with van der Waals surface area (Å²) in [6.07, 6.45) is 0. The van der Waals surface area contributed by atoms with Crippen LogP contribution in [0, 0.1) is 0 Å². The Kier molecular flexibility index (Phi) is 16.3. The van der Waals surface area contributed by atoms with Crippen molar-refractivity contribution in [1.29, 1.82) is 0 Å². The van der Waals surface area contributed by atoms with Gasteiger partial charge in [0.05, 0.1) is 56.0 Å². The number of para-hydroxylation sites is 5. The van der Waals surface area contributed by atoms with Crippen molar-refractivity contribution in [2.75, 3.05) is 0 Å². The zero-order valence-electron chi connectivity index (χ0n) is 69.7. The van der Waals surface area contributed by atoms with E-state index in [1.165, 1.54) is 75.5 Å². The van der Waals surface area contributed by atoms with E-state index in [0.29, 0.717) is 11.6 Å². The lowest BCUT2D eigenvalue weighted by molar-refractivity contribution is 0.436. The summed E-state index contributed by atoms with van der Waals surface area (Å²) in [5.41, 5.74) is 30.0. The maximum Gasteiger partial charge on any atom is 0.160 e. The Labute approximate surface area is 750 Å². The van der Waals surface area contributed by atoms with Crippen molar-refractivity contribution in [3.63, 3.8) is 0 Å². The van der Waals surface area contributed by atoms with Crippen molar-refractivity contribution in [3.05, 3.63) is 469 Å². The zero-order valence-corrected chi connectivity index (χ0v) is 70.5. The normalized spacial score (nSPS) is 13.2. The number of pyridine rings is 2. The summed E-state index contributed by atoms with van der Waals surface area (Å²) >= 11 is 1.82. The molecule has 4 aliphatic rings. The predicted molar refractivity (Wildman–Crippen MR) is 528 cm³/mol. The lowest BCUT2D eigenvalue weighted by atomic mass is 9.66. The molecule has 18 aromatic carbocycles. The Hall–Kier alpha value is -16.9. The van der Waals surface area contributed by atoms with Gasteiger partial charge in [0.15, 0.2) is 11.6 Å². The molecule has 0 atom stereocenters. The first kappa shape index (κ1) is 73.4. The van der Waals surface area contributed by atoms with Crippen LogP contribution in [0.15, 0.2) is 429 Å². The maximum absolute atomic E-state index is 6.67. The number of hydrogen-bond donors (Lipinski definition) is 0. The SMILES string of the molecule is c1ccc(-c2nc(-c3ccc4c(c3)nc(-c3ccccc3)c3ccc5c(c34)-c3ccccc3C53c4ccccc4Oc4ccccc43)cc(-c3cccc4c3sc3ccccc34)n2)cc1.c1ccc(-c2nc(-c3ccc4c(c3)nc(-c3ccccc3)c3ccc5c(c34)-c3ccccc3C53c4ccccc4Oc4ccccc43)cc(-c3cccc4oc5ccccc5c34)n2)cc1. The topological polar surface area (TPSA) is 109 Å². The Morgan fingerprint density at radius 1 is 0.215 bits per heavy atom. The highest BCUT2D eigenvalue weighted by Gasteiger charge is 2.54. The summed E-state index contributed by atoms with van der Waals surface area (Å²) in [5, 5.41) is 11.3. The Morgan fingerprint density at radius 2 is 0.585 bits per heavy atom. The van der Waals surface area contributed by atoms with Crippen molar-refractivity contribution in [1.82, 2.24) is 29.9 Å². The third kappa shape index (κ3) is 10.9. The highest BCUT2D eigenvalue weighted by molar-refractivity contribution is 7.26. The van der Waals surface area contributed by atoms with Crippen LogP contribution in [0.4, 0.5) is 0 Å². The van der Waals surface area contributed by atoms with E-state index in [2.05, 4.69) is 364 Å². The molecule has 2 aliphatic carbocycles. The van der Waals surface area contributed by atoms with Crippen LogP contribution >= 0.6 is 11.3 Å². The number of aromatic nitrogens is 6. The number of nitrogens with zero attached hydrogens (tertiary/aromatic N) is 6. The molecule has 0 unspecified atom stereocenters. The minimum atomic E-state index is -0.595. The molecule has 24 aromatic rings. The van der Waals surface area contributed by atoms with Crippen LogP contribution in [0.1, 0.15) is 44.5 Å². The molecule has 10 heteroatoms. The molecule has 604 valence electrons. The fraction of sp³-hybridized carbons (Fsp3) is 0.0167. The van der Waals surface area contributed by atoms with Crippen molar-refractivity contribution in [2.45, 2.75) is 10.8 Å². The average Bonchev–Trinajstić information content (AvgIpc) is 1.50. The van der Waals surface area contributed by atoms with E-state index in [-0.39, 0.29) is 0 Å². The summed E-state index contributed by atoms with van der Waals surface area (Å²) < 4.78 is 22.2. The Bertz CT molecular complexity index is 8800. The number of thiophene rings is 1. The van der Waals surface area contributed by atoms with Gasteiger partial charge in [0.1, 0.15) is 34.2 Å². The number of ether oxygens (including phenoxy) is 2. The van der Waals surface area contributed by atoms with Crippen molar-refractivity contribution in [2.24, 2.45) is 0 Å². The molecule has 28 rings (SSSR count). The molecule has 130 heavy (non-hydrogen) atoms. The number of benzene rings is 18. The molecule has 0 bridgehead atoms. The lowest BCUT2D eigenvalue weighted by Crippen LogP contribution is -2.32. The fourth-order valence-corrected chi connectivity index (χ4v) is 22.9. The molecule has 8 heterocycles. The van der Waals surface area contributed by atoms with Gasteiger partial charge >= 0.3 is 0 Å². The number of hydrogen-bond acceptors (Lipinski definition) is 10. The summed E-state index contributed by atoms with van der Waals surface area (Å²) in [4.78, 5) is 32.3. The van der Waals surface area contributed by atoms with E-state index in [9.17, 15) is 0 Å². The van der Waals surface area contributed by atoms with Crippen molar-refractivity contribution < 1.29 is 13.9 Å². The van der Waals surface area contributed by atoms with E-state index in [1.807, 2.05) is 72.0 Å². The molecular weight excluding hydrogens is 1610 g/mol. The predicted octanol–water partition coefficient (Wildman–Crippen LogP) is 30.9. The summed E-state index contributed by atoms with van der Waals surface area (Å²) in [7, 11) is 0. The van der Waals surface area contributed by atoms with Gasteiger partial charge in [0.25, 0.3) is 0 Å². The molecular formula is C120H70N6O3S. The Morgan fingerprint density at radius 3 is 1.08 bits per heavy atom. The molecule has 6 aromatic heterocycles. The first-order valence-electron chi connectivity index (χ1n) is 44.0. The van der Waals surface area contributed by atoms with Crippen LogP contribution in [0.25, 0.3) is 198 Å². The summed E-state index contributed by atoms with van der Waals surface area (Å²) in [6, 6.07) is 150. The number of fused-ring (bicyclic) bond motifs is 32. The van der Waals surface area contributed by atoms with Crippen LogP contribution in [0.5, 0.6) is 23.0 Å². The molecule has 0 saturated carbocycles. The molecule has 0 fully saturated rings. The van der Waals surface area contributed by atoms with E-state index < -0.39 is 10.8 Å². The molecule has 2 aliphatic heterocycles. The maximum atomic E-state index is 6.67. The summed E-state index contributed by atoms with van der Waals surface area (Å²) in [6.45, 7) is 0. The third-order valence-corrected chi connectivity index (χ3v) is 28.3. The Balaban J connectivity index is 0.000000134. The second-order valence-corrected chi connectivity index (χ2v) is 35.0. The van der Waals surface area contributed by atoms with E-state index in [0.717, 1.165) is 178 Å². The van der Waals surface area contributed by atoms with Gasteiger partial charge in [-0.3, -0.25) is 0 Å². The van der Waals surface area contributed by atoms with E-state index >= 15 is 0 Å². The molecule has 0 saturated heterocycles. The highest BCUT2D eigenvalue weighted by atomic mass is 32.1. The molecule has 0 N–H and O–H groups in total. The first-order valence-corrected chi connectivity index (χ1v) is 44.8. The van der Waals surface area contributed by atoms with Crippen LogP contribution in [-0.2, 0) is 10.8 Å². The molecule has 9 nitrogen and oxygen atoms in total. The van der Waals surface area contributed by atoms with Crippen LogP contribution in [0.2, 0.25) is 0 Å². The van der Waals surface area contributed by atoms with Crippen LogP contribution < -0.4 is 9.47 Å². The van der Waals surface area contributed by atoms with Gasteiger partial charge in [-0.1, -0.05) is 358 Å². The number of furan rings is 1. The highest BCUT2D eigenvalue weighted by Crippen LogP contribution is 2.66. The van der Waals surface area contributed by atoms with E-state index in [4.69, 9.17) is 43.8 Å². The number of rotatable bonds is 8. The van der Waals surface area contributed by atoms with Crippen molar-refractivity contribution in [3.8, 4) is 136 Å². The van der Waals surface area contributed by atoms with Gasteiger partial charge < -0.3 is 13.9 Å². The van der Waals surface area contributed by atoms with Gasteiger partial charge in [0.2, 0.25) is 0 Å². The standard InChI is InChI=1S/C60H35N3O2.C60H35N3OS/c1-3-16-36(17-4-1)58-43-32-33-47-57(39-20-7-9-23-44(39)60(47)45-24-10-13-27-52(45)65-53-28-14-11-25-46(53)60)56(43)41-31-30-38(34-49(41)61-58)48-35-50(63-59(62-48)37-18-5-2-6-19-37)40-22-15-29-54-55(40)42-21-8-12-26-51(42)64-54;1-3-16-36(17-4-1)57-44-32-33-48-56(41-21-7-9-24-45(41)60(48)46-25-10-12-27-52(46)64-53-28-13-11-26-47(53)60)55(44)42-31-30-38(34-50(42)61-57)49-35-51(63-59(62-49)37-18-5-2-6-19-37)43-23-15-22-40-39-20-8-14-29-54(39)65-58(40)43/h2*1-35H. The molecule has 2 spiro atoms. The molecule has 0 amide bonds. The molecule has 0 radical (unpaired) electrons. The largest absolute Gasteiger partial charge is 0.457 e. The third-order valence-electron chi connectivity index (χ3n) is 27.1. The van der Waals surface area contributed by atoms with Crippen LogP contribution in [-0.4, -0.2) is 29.9 Å². The lowest BCUT2D eigenvalue weighted by Gasteiger charge is -2.39. The van der Waals surface area contributed by atoms with Gasteiger partial charge in [-0.25, -0.2) is 29.9 Å². The first-order chi connectivity index (χ1) is 64.4. The zero-order chi connectivity index (χ0) is 85.3. The van der Waals surface area contributed by atoms with Crippen molar-refractivity contribution >= 4 is 96.8 Å². The minimum Gasteiger partial charge on any atom is -0.457 e.